The van der Waals surface area contributed by atoms with Gasteiger partial charge in [-0.1, -0.05) is 6.07 Å². The first kappa shape index (κ1) is 14.3. The number of rotatable bonds is 2. The Morgan fingerprint density at radius 1 is 1.22 bits per heavy atom. The molecular weight excluding hydrogens is 300 g/mol. The molecule has 2 atom stereocenters. The molecule has 1 N–H and O–H groups in total. The molecule has 0 spiro atoms. The highest BCUT2D eigenvalue weighted by atomic mass is 16.7. The molecule has 0 radical (unpaired) electrons. The minimum atomic E-state index is -0.533. The molecule has 0 bridgehead atoms. The zero-order valence-electron chi connectivity index (χ0n) is 12.6. The Morgan fingerprint density at radius 3 is 2.91 bits per heavy atom. The Labute approximate surface area is 133 Å². The van der Waals surface area contributed by atoms with E-state index in [9.17, 15) is 14.7 Å². The molecule has 2 amide bonds. The standard InChI is InChI=1S/C16H18N2O5/c19-11-3-4-18-12(6-11)16(21)17(8-15(18)20)7-10-1-2-13-14(5-10)23-9-22-13/h1-2,5,11-12,19H,3-4,6-9H2/t11-,12+/m1/s1. The Hall–Kier alpha value is -2.28. The van der Waals surface area contributed by atoms with E-state index in [0.29, 0.717) is 37.4 Å². The van der Waals surface area contributed by atoms with Crippen molar-refractivity contribution in [2.45, 2.75) is 31.5 Å². The lowest BCUT2D eigenvalue weighted by molar-refractivity contribution is -0.160. The molecule has 2 saturated heterocycles. The van der Waals surface area contributed by atoms with Crippen LogP contribution in [0.2, 0.25) is 0 Å². The van der Waals surface area contributed by atoms with Crippen LogP contribution in [0.4, 0.5) is 0 Å². The van der Waals surface area contributed by atoms with Gasteiger partial charge in [0.1, 0.15) is 12.6 Å². The summed E-state index contributed by atoms with van der Waals surface area (Å²) in [6, 6.07) is 4.98. The predicted octanol–water partition coefficient (Wildman–Crippen LogP) is 0.109. The zero-order valence-corrected chi connectivity index (χ0v) is 12.6. The van der Waals surface area contributed by atoms with Gasteiger partial charge >= 0.3 is 0 Å². The van der Waals surface area contributed by atoms with Crippen molar-refractivity contribution in [3.63, 3.8) is 0 Å². The summed E-state index contributed by atoms with van der Waals surface area (Å²) in [5.41, 5.74) is 0.889. The number of benzene rings is 1. The Balaban J connectivity index is 1.52. The van der Waals surface area contributed by atoms with Gasteiger partial charge in [0.15, 0.2) is 11.5 Å². The summed E-state index contributed by atoms with van der Waals surface area (Å²) in [6.45, 7) is 1.09. The van der Waals surface area contributed by atoms with Crippen LogP contribution >= 0.6 is 0 Å². The number of ether oxygens (including phenoxy) is 2. The summed E-state index contributed by atoms with van der Waals surface area (Å²) in [4.78, 5) is 28.1. The number of carbonyl (C=O) groups is 2. The van der Waals surface area contributed by atoms with E-state index in [1.807, 2.05) is 18.2 Å². The SMILES string of the molecule is O=C1[C@@H]2C[C@H](O)CCN2C(=O)CN1Cc1ccc2c(c1)OCO2. The minimum absolute atomic E-state index is 0.0535. The lowest BCUT2D eigenvalue weighted by Gasteiger charge is -2.44. The van der Waals surface area contributed by atoms with E-state index in [-0.39, 0.29) is 25.2 Å². The van der Waals surface area contributed by atoms with Crippen LogP contribution in [0.15, 0.2) is 18.2 Å². The van der Waals surface area contributed by atoms with Crippen molar-refractivity contribution >= 4 is 11.8 Å². The third-order valence-corrected chi connectivity index (χ3v) is 4.63. The number of aliphatic hydroxyl groups is 1. The molecule has 1 aromatic rings. The van der Waals surface area contributed by atoms with Crippen molar-refractivity contribution in [3.05, 3.63) is 23.8 Å². The van der Waals surface area contributed by atoms with Crippen LogP contribution in [0.1, 0.15) is 18.4 Å². The van der Waals surface area contributed by atoms with Crippen molar-refractivity contribution in [1.29, 1.82) is 0 Å². The van der Waals surface area contributed by atoms with Gasteiger partial charge < -0.3 is 24.4 Å². The van der Waals surface area contributed by atoms with Gasteiger partial charge in [-0.25, -0.2) is 0 Å². The molecule has 4 rings (SSSR count). The highest BCUT2D eigenvalue weighted by molar-refractivity contribution is 5.95. The van der Waals surface area contributed by atoms with Crippen LogP contribution in [-0.2, 0) is 16.1 Å². The monoisotopic (exact) mass is 318 g/mol. The van der Waals surface area contributed by atoms with Crippen LogP contribution in [-0.4, -0.2) is 58.7 Å². The second-order valence-electron chi connectivity index (χ2n) is 6.16. The molecule has 3 aliphatic rings. The lowest BCUT2D eigenvalue weighted by Crippen LogP contribution is -2.62. The van der Waals surface area contributed by atoms with Crippen LogP contribution in [0, 0.1) is 0 Å². The molecule has 1 aromatic carbocycles. The fourth-order valence-electron chi connectivity index (χ4n) is 3.42. The van der Waals surface area contributed by atoms with E-state index < -0.39 is 12.1 Å². The summed E-state index contributed by atoms with van der Waals surface area (Å²) >= 11 is 0. The van der Waals surface area contributed by atoms with Gasteiger partial charge in [-0.2, -0.15) is 0 Å². The Morgan fingerprint density at radius 2 is 2.04 bits per heavy atom. The van der Waals surface area contributed by atoms with Gasteiger partial charge in [0.2, 0.25) is 18.6 Å². The third kappa shape index (κ3) is 2.50. The van der Waals surface area contributed by atoms with E-state index in [0.717, 1.165) is 5.56 Å². The van der Waals surface area contributed by atoms with Gasteiger partial charge in [-0.05, 0) is 24.1 Å². The molecule has 0 aromatic heterocycles. The fraction of sp³-hybridized carbons (Fsp3) is 0.500. The van der Waals surface area contributed by atoms with Crippen molar-refractivity contribution in [3.8, 4) is 11.5 Å². The summed E-state index contributed by atoms with van der Waals surface area (Å²) in [5, 5.41) is 9.79. The maximum absolute atomic E-state index is 12.7. The second kappa shape index (κ2) is 5.42. The molecule has 7 nitrogen and oxygen atoms in total. The van der Waals surface area contributed by atoms with Gasteiger partial charge in [-0.3, -0.25) is 9.59 Å². The summed E-state index contributed by atoms with van der Waals surface area (Å²) in [7, 11) is 0. The van der Waals surface area contributed by atoms with E-state index >= 15 is 0 Å². The Bertz CT molecular complexity index is 662. The highest BCUT2D eigenvalue weighted by Crippen LogP contribution is 2.33. The van der Waals surface area contributed by atoms with Crippen LogP contribution in [0.3, 0.4) is 0 Å². The quantitative estimate of drug-likeness (QED) is 0.837. The summed E-state index contributed by atoms with van der Waals surface area (Å²) in [5.74, 6) is 1.20. The molecule has 0 aliphatic carbocycles. The summed E-state index contributed by atoms with van der Waals surface area (Å²) in [6.07, 6.45) is 0.346. The predicted molar refractivity (Wildman–Crippen MR) is 78.7 cm³/mol. The lowest BCUT2D eigenvalue weighted by atomic mass is 9.96. The van der Waals surface area contributed by atoms with E-state index in [1.165, 1.54) is 0 Å². The average molecular weight is 318 g/mol. The number of hydrogen-bond acceptors (Lipinski definition) is 5. The van der Waals surface area contributed by atoms with E-state index in [2.05, 4.69) is 0 Å². The molecule has 23 heavy (non-hydrogen) atoms. The van der Waals surface area contributed by atoms with Crippen molar-refractivity contribution in [1.82, 2.24) is 9.80 Å². The smallest absolute Gasteiger partial charge is 0.246 e. The first-order valence-electron chi connectivity index (χ1n) is 7.76. The number of fused-ring (bicyclic) bond motifs is 2. The molecule has 0 saturated carbocycles. The van der Waals surface area contributed by atoms with Gasteiger partial charge in [0.25, 0.3) is 0 Å². The number of piperazine rings is 1. The minimum Gasteiger partial charge on any atom is -0.454 e. The van der Waals surface area contributed by atoms with Crippen LogP contribution in [0.5, 0.6) is 11.5 Å². The van der Waals surface area contributed by atoms with Crippen LogP contribution < -0.4 is 9.47 Å². The van der Waals surface area contributed by atoms with Crippen molar-refractivity contribution in [2.75, 3.05) is 19.9 Å². The van der Waals surface area contributed by atoms with Gasteiger partial charge in [0, 0.05) is 19.5 Å². The number of nitrogens with zero attached hydrogens (tertiary/aromatic N) is 2. The van der Waals surface area contributed by atoms with Gasteiger partial charge in [-0.15, -0.1) is 0 Å². The maximum Gasteiger partial charge on any atom is 0.246 e. The number of aliphatic hydroxyl groups excluding tert-OH is 1. The van der Waals surface area contributed by atoms with Crippen molar-refractivity contribution in [2.24, 2.45) is 0 Å². The van der Waals surface area contributed by atoms with E-state index in [4.69, 9.17) is 9.47 Å². The molecule has 0 unspecified atom stereocenters. The first-order chi connectivity index (χ1) is 11.1. The average Bonchev–Trinajstić information content (AvgIpc) is 3.00. The Kier molecular flexibility index (Phi) is 3.37. The third-order valence-electron chi connectivity index (χ3n) is 4.63. The van der Waals surface area contributed by atoms with E-state index in [1.54, 1.807) is 9.80 Å². The summed E-state index contributed by atoms with van der Waals surface area (Å²) < 4.78 is 10.6. The number of piperidine rings is 1. The van der Waals surface area contributed by atoms with Crippen molar-refractivity contribution < 1.29 is 24.2 Å². The molecular formula is C16H18N2O5. The zero-order chi connectivity index (χ0) is 16.0. The number of amides is 2. The topological polar surface area (TPSA) is 79.3 Å². The second-order valence-corrected chi connectivity index (χ2v) is 6.16. The highest BCUT2D eigenvalue weighted by Gasteiger charge is 2.42. The number of hydrogen-bond donors (Lipinski definition) is 1. The van der Waals surface area contributed by atoms with Gasteiger partial charge in [0.05, 0.1) is 6.10 Å². The maximum atomic E-state index is 12.7. The molecule has 7 heteroatoms. The molecule has 2 fully saturated rings. The molecule has 122 valence electrons. The molecule has 3 heterocycles. The van der Waals surface area contributed by atoms with Crippen LogP contribution in [0.25, 0.3) is 0 Å². The number of carbonyl (C=O) groups excluding carboxylic acids is 2. The fourth-order valence-corrected chi connectivity index (χ4v) is 3.42. The molecule has 3 aliphatic heterocycles. The largest absolute Gasteiger partial charge is 0.454 e. The first-order valence-corrected chi connectivity index (χ1v) is 7.76. The normalized spacial score (nSPS) is 26.5.